The molecule has 24 heavy (non-hydrogen) atoms. The van der Waals surface area contributed by atoms with Crippen LogP contribution < -0.4 is 4.72 Å². The lowest BCUT2D eigenvalue weighted by Gasteiger charge is -2.14. The molecule has 0 aliphatic carbocycles. The van der Waals surface area contributed by atoms with Gasteiger partial charge in [0.05, 0.1) is 5.69 Å². The lowest BCUT2D eigenvalue weighted by molar-refractivity contribution is 0.345. The Morgan fingerprint density at radius 1 is 1.33 bits per heavy atom. The van der Waals surface area contributed by atoms with Crippen LogP contribution in [-0.2, 0) is 30.2 Å². The van der Waals surface area contributed by atoms with Crippen molar-refractivity contribution < 1.29 is 8.42 Å². The molecule has 0 aliphatic rings. The molecule has 2 rings (SSSR count). The molecule has 0 bridgehead atoms. The molecule has 1 N–H and O–H groups in total. The highest BCUT2D eigenvalue weighted by Crippen LogP contribution is 2.24. The van der Waals surface area contributed by atoms with E-state index in [2.05, 4.69) is 21.6 Å². The van der Waals surface area contributed by atoms with Crippen molar-refractivity contribution in [3.05, 3.63) is 46.2 Å². The van der Waals surface area contributed by atoms with Gasteiger partial charge in [-0.1, -0.05) is 42.8 Å². The van der Waals surface area contributed by atoms with Gasteiger partial charge >= 0.3 is 0 Å². The van der Waals surface area contributed by atoms with Gasteiger partial charge in [0.15, 0.2) is 0 Å². The molecule has 1 aromatic heterocycles. The van der Waals surface area contributed by atoms with E-state index in [1.165, 1.54) is 4.68 Å². The minimum Gasteiger partial charge on any atom is -0.302 e. The van der Waals surface area contributed by atoms with E-state index >= 15 is 0 Å². The summed E-state index contributed by atoms with van der Waals surface area (Å²) >= 11 is 6.05. The standard InChI is InChI=1S/C16H23ClN4O2S/c1-5-20(3)11-14-8-6-7-13(9-14)10-18-24(22,23)15-12(2)19-21(4)16(15)17/h6-9,18H,5,10-11H2,1-4H3. The lowest BCUT2D eigenvalue weighted by atomic mass is 10.1. The van der Waals surface area contributed by atoms with Crippen LogP contribution in [0.2, 0.25) is 5.15 Å². The summed E-state index contributed by atoms with van der Waals surface area (Å²) in [5.41, 5.74) is 2.43. The van der Waals surface area contributed by atoms with Gasteiger partial charge in [0.25, 0.3) is 0 Å². The van der Waals surface area contributed by atoms with Gasteiger partial charge in [-0.05, 0) is 31.6 Å². The molecular formula is C16H23ClN4O2S. The Labute approximate surface area is 148 Å². The zero-order chi connectivity index (χ0) is 17.9. The average molecular weight is 371 g/mol. The molecule has 0 spiro atoms. The van der Waals surface area contributed by atoms with Crippen molar-refractivity contribution in [2.75, 3.05) is 13.6 Å². The molecule has 2 aromatic rings. The van der Waals surface area contributed by atoms with E-state index < -0.39 is 10.0 Å². The van der Waals surface area contributed by atoms with E-state index in [0.717, 1.165) is 24.2 Å². The molecule has 0 saturated carbocycles. The van der Waals surface area contributed by atoms with E-state index in [1.807, 2.05) is 31.3 Å². The smallest absolute Gasteiger partial charge is 0.245 e. The molecule has 0 radical (unpaired) electrons. The second-order valence-electron chi connectivity index (χ2n) is 5.80. The summed E-state index contributed by atoms with van der Waals surface area (Å²) in [6.45, 7) is 5.70. The van der Waals surface area contributed by atoms with Crippen molar-refractivity contribution in [3.8, 4) is 0 Å². The Morgan fingerprint density at radius 2 is 2.00 bits per heavy atom. The zero-order valence-electron chi connectivity index (χ0n) is 14.4. The number of aromatic nitrogens is 2. The third-order valence-electron chi connectivity index (χ3n) is 3.82. The third kappa shape index (κ3) is 4.36. The first-order chi connectivity index (χ1) is 11.2. The Bertz CT molecular complexity index is 817. The molecule has 8 heteroatoms. The topological polar surface area (TPSA) is 67.2 Å². The summed E-state index contributed by atoms with van der Waals surface area (Å²) in [5, 5.41) is 4.16. The summed E-state index contributed by atoms with van der Waals surface area (Å²) < 4.78 is 29.0. The summed E-state index contributed by atoms with van der Waals surface area (Å²) in [4.78, 5) is 2.22. The van der Waals surface area contributed by atoms with Crippen molar-refractivity contribution >= 4 is 21.6 Å². The Hall–Kier alpha value is -1.41. The van der Waals surface area contributed by atoms with Crippen LogP contribution in [0.5, 0.6) is 0 Å². The quantitative estimate of drug-likeness (QED) is 0.812. The average Bonchev–Trinajstić information content (AvgIpc) is 2.79. The van der Waals surface area contributed by atoms with E-state index in [4.69, 9.17) is 11.6 Å². The zero-order valence-corrected chi connectivity index (χ0v) is 15.9. The van der Waals surface area contributed by atoms with Crippen molar-refractivity contribution in [2.24, 2.45) is 7.05 Å². The van der Waals surface area contributed by atoms with Gasteiger partial charge in [-0.15, -0.1) is 0 Å². The number of benzene rings is 1. The van der Waals surface area contributed by atoms with Crippen LogP contribution in [0.4, 0.5) is 0 Å². The summed E-state index contributed by atoms with van der Waals surface area (Å²) in [6, 6.07) is 7.87. The molecule has 0 amide bonds. The van der Waals surface area contributed by atoms with Crippen LogP contribution in [0.3, 0.4) is 0 Å². The highest BCUT2D eigenvalue weighted by Gasteiger charge is 2.24. The maximum absolute atomic E-state index is 12.5. The first kappa shape index (κ1) is 18.9. The van der Waals surface area contributed by atoms with Crippen molar-refractivity contribution in [1.29, 1.82) is 0 Å². The van der Waals surface area contributed by atoms with Crippen molar-refractivity contribution in [3.63, 3.8) is 0 Å². The molecule has 0 unspecified atom stereocenters. The number of nitrogens with one attached hydrogen (secondary N) is 1. The Kier molecular flexibility index (Phi) is 6.03. The lowest BCUT2D eigenvalue weighted by Crippen LogP contribution is -2.24. The highest BCUT2D eigenvalue weighted by atomic mass is 35.5. The van der Waals surface area contributed by atoms with Gasteiger partial charge in [0.1, 0.15) is 10.0 Å². The number of rotatable bonds is 7. The van der Waals surface area contributed by atoms with E-state index in [-0.39, 0.29) is 16.6 Å². The fourth-order valence-electron chi connectivity index (χ4n) is 2.43. The van der Waals surface area contributed by atoms with Crippen LogP contribution in [0.25, 0.3) is 0 Å². The molecule has 132 valence electrons. The minimum atomic E-state index is -3.72. The Morgan fingerprint density at radius 3 is 2.58 bits per heavy atom. The fourth-order valence-corrected chi connectivity index (χ4v) is 4.19. The second-order valence-corrected chi connectivity index (χ2v) is 7.87. The van der Waals surface area contributed by atoms with E-state index in [9.17, 15) is 8.42 Å². The maximum Gasteiger partial charge on any atom is 0.245 e. The van der Waals surface area contributed by atoms with Gasteiger partial charge in [0.2, 0.25) is 10.0 Å². The maximum atomic E-state index is 12.5. The van der Waals surface area contributed by atoms with Crippen molar-refractivity contribution in [2.45, 2.75) is 31.8 Å². The number of aryl methyl sites for hydroxylation is 2. The van der Waals surface area contributed by atoms with Crippen LogP contribution in [0.1, 0.15) is 23.7 Å². The minimum absolute atomic E-state index is 0.0357. The molecule has 6 nitrogen and oxygen atoms in total. The number of nitrogens with zero attached hydrogens (tertiary/aromatic N) is 3. The predicted molar refractivity (Wildman–Crippen MR) is 95.4 cm³/mol. The fraction of sp³-hybridized carbons (Fsp3) is 0.438. The predicted octanol–water partition coefficient (Wildman–Crippen LogP) is 2.31. The Balaban J connectivity index is 2.14. The summed E-state index contributed by atoms with van der Waals surface area (Å²) in [7, 11) is -0.0579. The number of hydrogen-bond donors (Lipinski definition) is 1. The highest BCUT2D eigenvalue weighted by molar-refractivity contribution is 7.89. The first-order valence-electron chi connectivity index (χ1n) is 7.69. The SMILES string of the molecule is CCN(C)Cc1cccc(CNS(=O)(=O)c2c(C)nn(C)c2Cl)c1. The molecular weight excluding hydrogens is 348 g/mol. The summed E-state index contributed by atoms with van der Waals surface area (Å²) in [5.74, 6) is 0. The molecule has 1 aromatic carbocycles. The van der Waals surface area contributed by atoms with Gasteiger partial charge in [-0.2, -0.15) is 5.10 Å². The molecule has 0 fully saturated rings. The largest absolute Gasteiger partial charge is 0.302 e. The molecule has 0 saturated heterocycles. The van der Waals surface area contributed by atoms with Crippen LogP contribution >= 0.6 is 11.6 Å². The first-order valence-corrected chi connectivity index (χ1v) is 9.55. The number of sulfonamides is 1. The van der Waals surface area contributed by atoms with Gasteiger partial charge in [-0.3, -0.25) is 4.68 Å². The number of hydrogen-bond acceptors (Lipinski definition) is 4. The van der Waals surface area contributed by atoms with Gasteiger partial charge < -0.3 is 4.90 Å². The molecule has 0 atom stereocenters. The second kappa shape index (κ2) is 7.65. The number of halogens is 1. The van der Waals surface area contributed by atoms with Crippen LogP contribution in [-0.4, -0.2) is 36.7 Å². The van der Waals surface area contributed by atoms with E-state index in [1.54, 1.807) is 14.0 Å². The van der Waals surface area contributed by atoms with Crippen molar-refractivity contribution in [1.82, 2.24) is 19.4 Å². The van der Waals surface area contributed by atoms with E-state index in [0.29, 0.717) is 5.69 Å². The van der Waals surface area contributed by atoms with Crippen LogP contribution in [0, 0.1) is 6.92 Å². The van der Waals surface area contributed by atoms with Gasteiger partial charge in [-0.25, -0.2) is 13.1 Å². The van der Waals surface area contributed by atoms with Crippen LogP contribution in [0.15, 0.2) is 29.2 Å². The van der Waals surface area contributed by atoms with Gasteiger partial charge in [0, 0.05) is 20.1 Å². The normalized spacial score (nSPS) is 12.1. The third-order valence-corrected chi connectivity index (χ3v) is 5.92. The molecule has 0 aliphatic heterocycles. The summed E-state index contributed by atoms with van der Waals surface area (Å²) in [6.07, 6.45) is 0. The monoisotopic (exact) mass is 370 g/mol. The molecule has 1 heterocycles.